The predicted molar refractivity (Wildman–Crippen MR) is 109 cm³/mol. The van der Waals surface area contributed by atoms with Gasteiger partial charge in [-0.1, -0.05) is 29.8 Å². The first-order chi connectivity index (χ1) is 13.1. The molecule has 3 rings (SSSR count). The van der Waals surface area contributed by atoms with Gasteiger partial charge < -0.3 is 15.4 Å². The maximum absolute atomic E-state index is 12.2. The average molecular weight is 361 g/mol. The zero-order valence-corrected chi connectivity index (χ0v) is 15.5. The van der Waals surface area contributed by atoms with Gasteiger partial charge in [0.1, 0.15) is 11.6 Å². The van der Waals surface area contributed by atoms with E-state index in [4.69, 9.17) is 4.74 Å². The maximum atomic E-state index is 12.2. The van der Waals surface area contributed by atoms with E-state index in [9.17, 15) is 4.79 Å². The van der Waals surface area contributed by atoms with E-state index in [1.165, 1.54) is 5.56 Å². The normalized spacial score (nSPS) is 10.3. The molecule has 1 heterocycles. The third-order valence-corrected chi connectivity index (χ3v) is 4.19. The minimum atomic E-state index is -0.143. The molecule has 138 valence electrons. The van der Waals surface area contributed by atoms with E-state index in [1.807, 2.05) is 61.5 Å². The molecule has 1 amide bonds. The third kappa shape index (κ3) is 5.31. The molecule has 0 saturated heterocycles. The molecule has 0 radical (unpaired) electrons. The van der Waals surface area contributed by atoms with Crippen molar-refractivity contribution in [3.63, 3.8) is 0 Å². The van der Waals surface area contributed by atoms with E-state index >= 15 is 0 Å². The molecule has 0 spiro atoms. The fourth-order valence-corrected chi connectivity index (χ4v) is 2.64. The van der Waals surface area contributed by atoms with Gasteiger partial charge in [0.25, 0.3) is 5.91 Å². The van der Waals surface area contributed by atoms with Crippen molar-refractivity contribution in [1.82, 2.24) is 4.98 Å². The van der Waals surface area contributed by atoms with Crippen molar-refractivity contribution in [1.29, 1.82) is 0 Å². The highest BCUT2D eigenvalue weighted by atomic mass is 16.5. The lowest BCUT2D eigenvalue weighted by atomic mass is 10.1. The van der Waals surface area contributed by atoms with Crippen LogP contribution in [-0.2, 0) is 6.42 Å². The third-order valence-electron chi connectivity index (χ3n) is 4.19. The second-order valence-electron chi connectivity index (χ2n) is 6.28. The van der Waals surface area contributed by atoms with Gasteiger partial charge in [-0.05, 0) is 55.3 Å². The number of hydrogen-bond donors (Lipinski definition) is 2. The molecule has 5 nitrogen and oxygen atoms in total. The lowest BCUT2D eigenvalue weighted by molar-refractivity contribution is 0.102. The second-order valence-corrected chi connectivity index (χ2v) is 6.28. The molecule has 1 aromatic heterocycles. The van der Waals surface area contributed by atoms with Crippen molar-refractivity contribution in [2.45, 2.75) is 13.3 Å². The summed E-state index contributed by atoms with van der Waals surface area (Å²) in [5.74, 6) is 1.49. The molecule has 27 heavy (non-hydrogen) atoms. The Morgan fingerprint density at radius 3 is 2.59 bits per heavy atom. The Balaban J connectivity index is 1.51. The molecule has 0 aliphatic rings. The van der Waals surface area contributed by atoms with E-state index < -0.39 is 0 Å². The van der Waals surface area contributed by atoms with Crippen LogP contribution < -0.4 is 15.4 Å². The van der Waals surface area contributed by atoms with Crippen LogP contribution >= 0.6 is 0 Å². The summed E-state index contributed by atoms with van der Waals surface area (Å²) >= 11 is 0. The summed E-state index contributed by atoms with van der Waals surface area (Å²) in [6.45, 7) is 2.75. The van der Waals surface area contributed by atoms with Crippen LogP contribution in [0.3, 0.4) is 0 Å². The van der Waals surface area contributed by atoms with Crippen molar-refractivity contribution >= 4 is 17.4 Å². The van der Waals surface area contributed by atoms with Gasteiger partial charge >= 0.3 is 0 Å². The minimum Gasteiger partial charge on any atom is -0.497 e. The number of carbonyl (C=O) groups is 1. The molecular formula is C22H23N3O2. The number of ether oxygens (including phenoxy) is 1. The number of hydrogen-bond acceptors (Lipinski definition) is 4. The van der Waals surface area contributed by atoms with Gasteiger partial charge in [0, 0.05) is 12.1 Å². The highest BCUT2D eigenvalue weighted by molar-refractivity contribution is 6.04. The molecular weight excluding hydrogens is 338 g/mol. The standard InChI is InChI=1S/C22H23N3O2/c1-16-6-8-18(9-7-16)22(26)25-19-10-11-21(24-15-19)23-13-12-17-4-3-5-20(14-17)27-2/h3-11,14-15H,12-13H2,1-2H3,(H,23,24)(H,25,26). The number of rotatable bonds is 7. The second kappa shape index (κ2) is 8.85. The number of pyridine rings is 1. The first kappa shape index (κ1) is 18.5. The molecule has 2 aromatic carbocycles. The molecule has 0 aliphatic heterocycles. The first-order valence-corrected chi connectivity index (χ1v) is 8.85. The van der Waals surface area contributed by atoms with Gasteiger partial charge in [0.05, 0.1) is 19.0 Å². The highest BCUT2D eigenvalue weighted by Crippen LogP contribution is 2.14. The first-order valence-electron chi connectivity index (χ1n) is 8.85. The van der Waals surface area contributed by atoms with E-state index in [2.05, 4.69) is 21.7 Å². The molecule has 3 aromatic rings. The molecule has 0 aliphatic carbocycles. The number of methoxy groups -OCH3 is 1. The Morgan fingerprint density at radius 1 is 1.07 bits per heavy atom. The lowest BCUT2D eigenvalue weighted by Crippen LogP contribution is -2.12. The number of benzene rings is 2. The molecule has 0 bridgehead atoms. The summed E-state index contributed by atoms with van der Waals surface area (Å²) < 4.78 is 5.23. The number of nitrogens with zero attached hydrogens (tertiary/aromatic N) is 1. The molecule has 0 saturated carbocycles. The van der Waals surface area contributed by atoms with Gasteiger partial charge in [0.15, 0.2) is 0 Å². The van der Waals surface area contributed by atoms with Gasteiger partial charge in [-0.3, -0.25) is 4.79 Å². The van der Waals surface area contributed by atoms with Crippen LogP contribution in [-0.4, -0.2) is 24.5 Å². The Bertz CT molecular complexity index is 890. The van der Waals surface area contributed by atoms with Crippen molar-refractivity contribution < 1.29 is 9.53 Å². The molecule has 0 unspecified atom stereocenters. The van der Waals surface area contributed by atoms with E-state index in [0.29, 0.717) is 11.3 Å². The summed E-state index contributed by atoms with van der Waals surface area (Å²) in [6.07, 6.45) is 2.52. The van der Waals surface area contributed by atoms with Crippen LogP contribution in [0.1, 0.15) is 21.5 Å². The molecule has 2 N–H and O–H groups in total. The van der Waals surface area contributed by atoms with Crippen molar-refractivity contribution in [3.05, 3.63) is 83.6 Å². The van der Waals surface area contributed by atoms with Gasteiger partial charge in [0.2, 0.25) is 0 Å². The Labute approximate surface area is 159 Å². The van der Waals surface area contributed by atoms with Crippen LogP contribution in [0.25, 0.3) is 0 Å². The highest BCUT2D eigenvalue weighted by Gasteiger charge is 2.06. The fraction of sp³-hybridized carbons (Fsp3) is 0.182. The Morgan fingerprint density at radius 2 is 1.89 bits per heavy atom. The quantitative estimate of drug-likeness (QED) is 0.658. The number of carbonyl (C=O) groups excluding carboxylic acids is 1. The monoisotopic (exact) mass is 361 g/mol. The molecule has 0 fully saturated rings. The van der Waals surface area contributed by atoms with Crippen LogP contribution in [0.2, 0.25) is 0 Å². The van der Waals surface area contributed by atoms with Crippen LogP contribution in [0, 0.1) is 6.92 Å². The van der Waals surface area contributed by atoms with E-state index in [-0.39, 0.29) is 5.91 Å². The van der Waals surface area contributed by atoms with E-state index in [1.54, 1.807) is 13.3 Å². The largest absolute Gasteiger partial charge is 0.497 e. The van der Waals surface area contributed by atoms with Crippen molar-refractivity contribution in [2.75, 3.05) is 24.3 Å². The zero-order chi connectivity index (χ0) is 19.1. The van der Waals surface area contributed by atoms with E-state index in [0.717, 1.165) is 30.1 Å². The Kier molecular flexibility index (Phi) is 6.05. The van der Waals surface area contributed by atoms with Gasteiger partial charge in [-0.15, -0.1) is 0 Å². The SMILES string of the molecule is COc1cccc(CCNc2ccc(NC(=O)c3ccc(C)cc3)cn2)c1. The predicted octanol–water partition coefficient (Wildman–Crippen LogP) is 4.31. The zero-order valence-electron chi connectivity index (χ0n) is 15.5. The number of aromatic nitrogens is 1. The maximum Gasteiger partial charge on any atom is 0.255 e. The molecule has 5 heteroatoms. The molecule has 0 atom stereocenters. The number of anilines is 2. The number of aryl methyl sites for hydroxylation is 1. The van der Waals surface area contributed by atoms with Crippen LogP contribution in [0.5, 0.6) is 5.75 Å². The lowest BCUT2D eigenvalue weighted by Gasteiger charge is -2.09. The van der Waals surface area contributed by atoms with Crippen molar-refractivity contribution in [3.8, 4) is 5.75 Å². The minimum absolute atomic E-state index is 0.143. The summed E-state index contributed by atoms with van der Waals surface area (Å²) in [4.78, 5) is 16.6. The number of amides is 1. The topological polar surface area (TPSA) is 63.2 Å². The summed E-state index contributed by atoms with van der Waals surface area (Å²) in [7, 11) is 1.67. The summed E-state index contributed by atoms with van der Waals surface area (Å²) in [5.41, 5.74) is 3.61. The van der Waals surface area contributed by atoms with Crippen LogP contribution in [0.4, 0.5) is 11.5 Å². The van der Waals surface area contributed by atoms with Crippen LogP contribution in [0.15, 0.2) is 66.9 Å². The van der Waals surface area contributed by atoms with Crippen molar-refractivity contribution in [2.24, 2.45) is 0 Å². The summed E-state index contributed by atoms with van der Waals surface area (Å²) in [6, 6.07) is 19.2. The summed E-state index contributed by atoms with van der Waals surface area (Å²) in [5, 5.41) is 6.14. The Hall–Kier alpha value is -3.34. The average Bonchev–Trinajstić information content (AvgIpc) is 2.70. The van der Waals surface area contributed by atoms with Gasteiger partial charge in [-0.25, -0.2) is 4.98 Å². The smallest absolute Gasteiger partial charge is 0.255 e. The fourth-order valence-electron chi connectivity index (χ4n) is 2.64. The van der Waals surface area contributed by atoms with Gasteiger partial charge in [-0.2, -0.15) is 0 Å². The number of nitrogens with one attached hydrogen (secondary N) is 2.